The van der Waals surface area contributed by atoms with Gasteiger partial charge < -0.3 is 5.32 Å². The van der Waals surface area contributed by atoms with Gasteiger partial charge in [-0.15, -0.1) is 0 Å². The Morgan fingerprint density at radius 2 is 1.10 bits per heavy atom. The van der Waals surface area contributed by atoms with E-state index in [2.05, 4.69) is 157 Å². The highest BCUT2D eigenvalue weighted by Gasteiger charge is 2.18. The van der Waals surface area contributed by atoms with Gasteiger partial charge in [-0.2, -0.15) is 0 Å². The van der Waals surface area contributed by atoms with Crippen LogP contribution in [-0.4, -0.2) is 4.98 Å². The average molecular weight is 513 g/mol. The van der Waals surface area contributed by atoms with Crippen LogP contribution in [0.5, 0.6) is 0 Å². The van der Waals surface area contributed by atoms with Gasteiger partial charge in [0.25, 0.3) is 0 Å². The van der Waals surface area contributed by atoms with Crippen LogP contribution in [-0.2, 0) is 0 Å². The van der Waals surface area contributed by atoms with Gasteiger partial charge in [-0.3, -0.25) is 4.98 Å². The summed E-state index contributed by atoms with van der Waals surface area (Å²) in [5.41, 5.74) is 10.5. The van der Waals surface area contributed by atoms with Crippen molar-refractivity contribution in [3.05, 3.63) is 175 Å². The minimum atomic E-state index is 0.0550. The zero-order chi connectivity index (χ0) is 26.7. The van der Waals surface area contributed by atoms with Gasteiger partial charge in [0.1, 0.15) is 0 Å². The van der Waals surface area contributed by atoms with E-state index >= 15 is 0 Å². The predicted octanol–water partition coefficient (Wildman–Crippen LogP) is 9.34. The third-order valence-electron chi connectivity index (χ3n) is 7.58. The molecule has 1 aliphatic heterocycles. The van der Waals surface area contributed by atoms with E-state index in [1.807, 2.05) is 6.20 Å². The molecule has 7 rings (SSSR count). The van der Waals surface area contributed by atoms with Crippen molar-refractivity contribution in [1.82, 2.24) is 10.3 Å². The van der Waals surface area contributed by atoms with E-state index in [4.69, 9.17) is 4.98 Å². The molecule has 2 nitrogen and oxygen atoms in total. The van der Waals surface area contributed by atoms with Crippen molar-refractivity contribution in [2.24, 2.45) is 0 Å². The summed E-state index contributed by atoms with van der Waals surface area (Å²) in [5.74, 6) is 0. The van der Waals surface area contributed by atoms with E-state index in [0.29, 0.717) is 0 Å². The zero-order valence-corrected chi connectivity index (χ0v) is 22.0. The molecule has 1 N–H and O–H groups in total. The fourth-order valence-electron chi connectivity index (χ4n) is 5.46. The van der Waals surface area contributed by atoms with Crippen LogP contribution in [0.25, 0.3) is 44.4 Å². The van der Waals surface area contributed by atoms with Gasteiger partial charge in [-0.05, 0) is 57.0 Å². The van der Waals surface area contributed by atoms with Gasteiger partial charge in [0.2, 0.25) is 0 Å². The molecule has 0 spiro atoms. The fraction of sp³-hybridized carbons (Fsp3) is 0.0263. The van der Waals surface area contributed by atoms with Crippen LogP contribution in [0.2, 0.25) is 0 Å². The van der Waals surface area contributed by atoms with E-state index in [1.165, 1.54) is 44.2 Å². The topological polar surface area (TPSA) is 24.9 Å². The maximum Gasteiger partial charge on any atom is 0.0780 e. The molecule has 2 heteroatoms. The molecule has 0 fully saturated rings. The summed E-state index contributed by atoms with van der Waals surface area (Å²) in [7, 11) is 0. The molecular weight excluding hydrogens is 484 g/mol. The molecule has 0 saturated heterocycles. The van der Waals surface area contributed by atoms with Gasteiger partial charge in [-0.1, -0.05) is 133 Å². The highest BCUT2D eigenvalue weighted by Crippen LogP contribution is 2.34. The Labute approximate surface area is 235 Å². The monoisotopic (exact) mass is 512 g/mol. The molecule has 0 radical (unpaired) electrons. The Kier molecular flexibility index (Phi) is 6.27. The SMILES string of the molecule is C1=C(c2ccc(-c3nccc4ccccc34)cc2)C=C(c2ccccc2)NC1c1ccc(-c2ccccc2)cc1. The van der Waals surface area contributed by atoms with Crippen molar-refractivity contribution >= 4 is 22.0 Å². The van der Waals surface area contributed by atoms with E-state index in [0.717, 1.165) is 17.0 Å². The van der Waals surface area contributed by atoms with Crippen LogP contribution in [0.4, 0.5) is 0 Å². The number of fused-ring (bicyclic) bond motifs is 1. The second-order valence-electron chi connectivity index (χ2n) is 10.1. The van der Waals surface area contributed by atoms with Crippen LogP contribution >= 0.6 is 0 Å². The number of benzene rings is 5. The molecule has 0 aliphatic carbocycles. The molecule has 0 bridgehead atoms. The van der Waals surface area contributed by atoms with Gasteiger partial charge in [0.05, 0.1) is 11.7 Å². The highest BCUT2D eigenvalue weighted by molar-refractivity contribution is 5.95. The van der Waals surface area contributed by atoms with Crippen molar-refractivity contribution in [1.29, 1.82) is 0 Å². The second-order valence-corrected chi connectivity index (χ2v) is 10.1. The predicted molar refractivity (Wildman–Crippen MR) is 167 cm³/mol. The number of allylic oxidation sites excluding steroid dienone is 2. The molecule has 0 saturated carbocycles. The Hall–Kier alpha value is -5.21. The van der Waals surface area contributed by atoms with Crippen LogP contribution in [0.1, 0.15) is 22.7 Å². The molecule has 6 aromatic rings. The number of nitrogens with zero attached hydrogens (tertiary/aromatic N) is 1. The maximum atomic E-state index is 4.72. The maximum absolute atomic E-state index is 4.72. The summed E-state index contributed by atoms with van der Waals surface area (Å²) in [6.45, 7) is 0. The Balaban J connectivity index is 1.25. The first-order chi connectivity index (χ1) is 19.8. The molecule has 2 heterocycles. The number of hydrogen-bond acceptors (Lipinski definition) is 2. The highest BCUT2D eigenvalue weighted by atomic mass is 14.9. The smallest absolute Gasteiger partial charge is 0.0780 e. The van der Waals surface area contributed by atoms with E-state index < -0.39 is 0 Å². The fourth-order valence-corrected chi connectivity index (χ4v) is 5.46. The average Bonchev–Trinajstić information content (AvgIpc) is 3.05. The molecule has 0 amide bonds. The Morgan fingerprint density at radius 3 is 1.85 bits per heavy atom. The molecule has 40 heavy (non-hydrogen) atoms. The van der Waals surface area contributed by atoms with Crippen molar-refractivity contribution in [2.75, 3.05) is 0 Å². The Bertz CT molecular complexity index is 1830. The minimum absolute atomic E-state index is 0.0550. The second kappa shape index (κ2) is 10.5. The first-order valence-corrected chi connectivity index (χ1v) is 13.7. The van der Waals surface area contributed by atoms with Crippen LogP contribution in [0, 0.1) is 0 Å². The summed E-state index contributed by atoms with van der Waals surface area (Å²) in [6.07, 6.45) is 6.48. The van der Waals surface area contributed by atoms with E-state index in [1.54, 1.807) is 0 Å². The van der Waals surface area contributed by atoms with Gasteiger partial charge in [-0.25, -0.2) is 0 Å². The number of nitrogens with one attached hydrogen (secondary N) is 1. The molecule has 1 atom stereocenters. The normalized spacial score (nSPS) is 14.8. The van der Waals surface area contributed by atoms with Crippen molar-refractivity contribution in [3.8, 4) is 22.4 Å². The lowest BCUT2D eigenvalue weighted by molar-refractivity contribution is 0.767. The summed E-state index contributed by atoms with van der Waals surface area (Å²) in [4.78, 5) is 4.72. The quantitative estimate of drug-likeness (QED) is 0.249. The largest absolute Gasteiger partial charge is 0.374 e. The lowest BCUT2D eigenvalue weighted by atomic mass is 9.92. The number of dihydropyridines is 1. The third kappa shape index (κ3) is 4.72. The number of rotatable bonds is 5. The summed E-state index contributed by atoms with van der Waals surface area (Å²) in [5, 5.41) is 6.15. The number of pyridine rings is 1. The standard InChI is InChI=1S/C38H28N2/c1-3-9-27(10-4-1)28-15-19-32(20-16-28)37-26-34(25-36(40-37)31-12-5-2-6-13-31)29-17-21-33(22-18-29)38-35-14-8-7-11-30(35)23-24-39-38/h1-26,37,40H. The molecule has 1 aliphatic rings. The van der Waals surface area contributed by atoms with Gasteiger partial charge in [0.15, 0.2) is 0 Å². The van der Waals surface area contributed by atoms with Crippen LogP contribution in [0.15, 0.2) is 158 Å². The Morgan fingerprint density at radius 1 is 0.500 bits per heavy atom. The van der Waals surface area contributed by atoms with Crippen LogP contribution in [0.3, 0.4) is 0 Å². The molecule has 5 aromatic carbocycles. The van der Waals surface area contributed by atoms with E-state index in [9.17, 15) is 0 Å². The van der Waals surface area contributed by atoms with Crippen molar-refractivity contribution < 1.29 is 0 Å². The summed E-state index contributed by atoms with van der Waals surface area (Å²) >= 11 is 0. The first kappa shape index (κ1) is 23.9. The molecule has 190 valence electrons. The molecule has 1 unspecified atom stereocenters. The van der Waals surface area contributed by atoms with Gasteiger partial charge in [0, 0.05) is 22.8 Å². The van der Waals surface area contributed by atoms with E-state index in [-0.39, 0.29) is 6.04 Å². The third-order valence-corrected chi connectivity index (χ3v) is 7.58. The molecule has 1 aromatic heterocycles. The number of aromatic nitrogens is 1. The van der Waals surface area contributed by atoms with Crippen molar-refractivity contribution in [2.45, 2.75) is 6.04 Å². The zero-order valence-electron chi connectivity index (χ0n) is 22.0. The molecular formula is C38H28N2. The summed E-state index contributed by atoms with van der Waals surface area (Å²) < 4.78 is 0. The summed E-state index contributed by atoms with van der Waals surface area (Å²) in [6, 6.07) is 49.3. The van der Waals surface area contributed by atoms with Crippen LogP contribution < -0.4 is 5.32 Å². The van der Waals surface area contributed by atoms with Gasteiger partial charge >= 0.3 is 0 Å². The minimum Gasteiger partial charge on any atom is -0.374 e. The number of hydrogen-bond donors (Lipinski definition) is 1. The first-order valence-electron chi connectivity index (χ1n) is 13.7. The lowest BCUT2D eigenvalue weighted by Gasteiger charge is -2.26. The lowest BCUT2D eigenvalue weighted by Crippen LogP contribution is -2.21. The van der Waals surface area contributed by atoms with Crippen molar-refractivity contribution in [3.63, 3.8) is 0 Å².